The summed E-state index contributed by atoms with van der Waals surface area (Å²) in [6.45, 7) is 4.00. The van der Waals surface area contributed by atoms with Crippen molar-refractivity contribution in [2.24, 2.45) is 7.05 Å². The molecule has 1 unspecified atom stereocenters. The van der Waals surface area contributed by atoms with Crippen LogP contribution < -0.4 is 5.32 Å². The minimum atomic E-state index is -0.102. The van der Waals surface area contributed by atoms with Gasteiger partial charge in [-0.1, -0.05) is 0 Å². The van der Waals surface area contributed by atoms with Gasteiger partial charge in [0.25, 0.3) is 5.91 Å². The molecule has 3 aromatic rings. The molecule has 3 aromatic heterocycles. The van der Waals surface area contributed by atoms with Crippen LogP contribution >= 0.6 is 11.3 Å². The first-order chi connectivity index (χ1) is 12.1. The summed E-state index contributed by atoms with van der Waals surface area (Å²) in [5.74, 6) is 1.51. The summed E-state index contributed by atoms with van der Waals surface area (Å²) in [6, 6.07) is 3.57. The second-order valence-corrected chi connectivity index (χ2v) is 7.22. The van der Waals surface area contributed by atoms with E-state index >= 15 is 0 Å². The van der Waals surface area contributed by atoms with Crippen molar-refractivity contribution in [3.8, 4) is 10.8 Å². The van der Waals surface area contributed by atoms with Gasteiger partial charge >= 0.3 is 0 Å². The molecule has 0 saturated carbocycles. The van der Waals surface area contributed by atoms with E-state index in [0.717, 1.165) is 22.3 Å². The fraction of sp³-hybridized carbons (Fsp3) is 0.353. The number of amides is 1. The lowest BCUT2D eigenvalue weighted by atomic mass is 10.1. The number of imidazole rings is 1. The Labute approximate surface area is 149 Å². The number of aryl methyl sites for hydroxylation is 2. The van der Waals surface area contributed by atoms with Gasteiger partial charge in [0.05, 0.1) is 6.26 Å². The van der Waals surface area contributed by atoms with E-state index in [4.69, 9.17) is 4.42 Å². The molecule has 0 aliphatic carbocycles. The Morgan fingerprint density at radius 3 is 3.08 bits per heavy atom. The highest BCUT2D eigenvalue weighted by Gasteiger charge is 2.33. The number of piperazine rings is 1. The maximum Gasteiger partial charge on any atom is 0.274 e. The van der Waals surface area contributed by atoms with Gasteiger partial charge in [-0.3, -0.25) is 4.79 Å². The predicted molar refractivity (Wildman–Crippen MR) is 94.4 cm³/mol. The summed E-state index contributed by atoms with van der Waals surface area (Å²) in [5, 5.41) is 4.08. The third-order valence-corrected chi connectivity index (χ3v) is 5.38. The highest BCUT2D eigenvalue weighted by Crippen LogP contribution is 2.30. The van der Waals surface area contributed by atoms with Crippen LogP contribution in [0.2, 0.25) is 0 Å². The maximum atomic E-state index is 13.2. The second kappa shape index (κ2) is 6.45. The minimum absolute atomic E-state index is 0.0546. The van der Waals surface area contributed by atoms with Crippen molar-refractivity contribution in [2.75, 3.05) is 19.6 Å². The van der Waals surface area contributed by atoms with Gasteiger partial charge in [-0.05, 0) is 19.1 Å². The number of aromatic nitrogens is 3. The van der Waals surface area contributed by atoms with Gasteiger partial charge in [0.2, 0.25) is 0 Å². The Morgan fingerprint density at radius 1 is 1.48 bits per heavy atom. The van der Waals surface area contributed by atoms with E-state index in [1.807, 2.05) is 41.8 Å². The SMILES string of the molecule is Cc1sc(-c2ccco2)nc1C(=O)N1CCNCC1c1nccn1C. The summed E-state index contributed by atoms with van der Waals surface area (Å²) in [6.07, 6.45) is 5.27. The molecule has 1 N–H and O–H groups in total. The third kappa shape index (κ3) is 2.87. The van der Waals surface area contributed by atoms with Crippen molar-refractivity contribution in [3.05, 3.63) is 47.2 Å². The van der Waals surface area contributed by atoms with Crippen LogP contribution in [0.5, 0.6) is 0 Å². The van der Waals surface area contributed by atoms with Crippen molar-refractivity contribution < 1.29 is 9.21 Å². The molecule has 1 aliphatic heterocycles. The molecule has 7 nitrogen and oxygen atoms in total. The molecule has 1 fully saturated rings. The number of carbonyl (C=O) groups excluding carboxylic acids is 1. The van der Waals surface area contributed by atoms with E-state index < -0.39 is 0 Å². The Hall–Kier alpha value is -2.45. The number of rotatable bonds is 3. The van der Waals surface area contributed by atoms with E-state index in [9.17, 15) is 4.79 Å². The van der Waals surface area contributed by atoms with Crippen molar-refractivity contribution in [2.45, 2.75) is 13.0 Å². The van der Waals surface area contributed by atoms with Crippen molar-refractivity contribution in [1.29, 1.82) is 0 Å². The highest BCUT2D eigenvalue weighted by molar-refractivity contribution is 7.15. The number of hydrogen-bond donors (Lipinski definition) is 1. The molecular weight excluding hydrogens is 338 g/mol. The largest absolute Gasteiger partial charge is 0.462 e. The molecular formula is C17H19N5O2S. The molecule has 0 bridgehead atoms. The normalized spacial score (nSPS) is 17.8. The number of hydrogen-bond acceptors (Lipinski definition) is 6. The van der Waals surface area contributed by atoms with Crippen LogP contribution in [0.4, 0.5) is 0 Å². The standard InChI is InChI=1S/C17H19N5O2S/c1-11-14(20-16(25-11)13-4-3-9-24-13)17(23)22-8-5-18-10-12(22)15-19-6-7-21(15)2/h3-4,6-7,9,12,18H,5,8,10H2,1-2H3. The second-order valence-electron chi connectivity index (χ2n) is 6.02. The van der Waals surface area contributed by atoms with Crippen molar-refractivity contribution >= 4 is 17.2 Å². The van der Waals surface area contributed by atoms with Crippen LogP contribution in [-0.4, -0.2) is 45.0 Å². The number of nitrogens with one attached hydrogen (secondary N) is 1. The number of thiazole rings is 1. The van der Waals surface area contributed by atoms with Gasteiger partial charge in [-0.25, -0.2) is 9.97 Å². The zero-order valence-corrected chi connectivity index (χ0v) is 14.9. The minimum Gasteiger partial charge on any atom is -0.462 e. The van der Waals surface area contributed by atoms with E-state index in [2.05, 4.69) is 15.3 Å². The van der Waals surface area contributed by atoms with Gasteiger partial charge in [0.1, 0.15) is 17.6 Å². The molecule has 8 heteroatoms. The topological polar surface area (TPSA) is 76.2 Å². The monoisotopic (exact) mass is 357 g/mol. The van der Waals surface area contributed by atoms with E-state index in [1.54, 1.807) is 12.5 Å². The summed E-state index contributed by atoms with van der Waals surface area (Å²) >= 11 is 1.48. The van der Waals surface area contributed by atoms with Crippen LogP contribution in [0, 0.1) is 6.92 Å². The number of carbonyl (C=O) groups is 1. The van der Waals surface area contributed by atoms with Crippen molar-refractivity contribution in [1.82, 2.24) is 24.8 Å². The molecule has 130 valence electrons. The summed E-state index contributed by atoms with van der Waals surface area (Å²) in [7, 11) is 1.95. The van der Waals surface area contributed by atoms with Crippen LogP contribution in [-0.2, 0) is 7.05 Å². The van der Waals surface area contributed by atoms with E-state index in [0.29, 0.717) is 24.5 Å². The zero-order chi connectivity index (χ0) is 17.4. The fourth-order valence-electron chi connectivity index (χ4n) is 3.11. The number of nitrogens with zero attached hydrogens (tertiary/aromatic N) is 4. The van der Waals surface area contributed by atoms with Crippen LogP contribution in [0.3, 0.4) is 0 Å². The fourth-order valence-corrected chi connectivity index (χ4v) is 3.99. The van der Waals surface area contributed by atoms with Crippen LogP contribution in [0.25, 0.3) is 10.8 Å². The molecule has 1 atom stereocenters. The predicted octanol–water partition coefficient (Wildman–Crippen LogP) is 2.23. The van der Waals surface area contributed by atoms with Gasteiger partial charge < -0.3 is 19.2 Å². The molecule has 0 spiro atoms. The Kier molecular flexibility index (Phi) is 4.14. The van der Waals surface area contributed by atoms with Crippen molar-refractivity contribution in [3.63, 3.8) is 0 Å². The van der Waals surface area contributed by atoms with Gasteiger partial charge in [-0.15, -0.1) is 11.3 Å². The lowest BCUT2D eigenvalue weighted by molar-refractivity contribution is 0.0615. The molecule has 4 rings (SSSR count). The Morgan fingerprint density at radius 2 is 2.36 bits per heavy atom. The van der Waals surface area contributed by atoms with Gasteiger partial charge in [-0.2, -0.15) is 0 Å². The van der Waals surface area contributed by atoms with Crippen LogP contribution in [0.15, 0.2) is 35.2 Å². The first kappa shape index (κ1) is 16.0. The third-order valence-electron chi connectivity index (χ3n) is 4.39. The average molecular weight is 357 g/mol. The van der Waals surface area contributed by atoms with Crippen LogP contribution in [0.1, 0.15) is 27.2 Å². The highest BCUT2D eigenvalue weighted by atomic mass is 32.1. The Balaban J connectivity index is 1.66. The molecule has 0 aromatic carbocycles. The lowest BCUT2D eigenvalue weighted by Crippen LogP contribution is -2.49. The van der Waals surface area contributed by atoms with Gasteiger partial charge in [0, 0.05) is 44.0 Å². The van der Waals surface area contributed by atoms with E-state index in [-0.39, 0.29) is 11.9 Å². The lowest BCUT2D eigenvalue weighted by Gasteiger charge is -2.35. The van der Waals surface area contributed by atoms with E-state index in [1.165, 1.54) is 11.3 Å². The average Bonchev–Trinajstić information content (AvgIpc) is 3.35. The first-order valence-electron chi connectivity index (χ1n) is 8.15. The molecule has 25 heavy (non-hydrogen) atoms. The first-order valence-corrected chi connectivity index (χ1v) is 8.97. The number of furan rings is 1. The summed E-state index contributed by atoms with van der Waals surface area (Å²) in [4.78, 5) is 24.9. The Bertz CT molecular complexity index is 883. The molecule has 1 amide bonds. The summed E-state index contributed by atoms with van der Waals surface area (Å²) < 4.78 is 7.37. The molecule has 1 aliphatic rings. The zero-order valence-electron chi connectivity index (χ0n) is 14.1. The smallest absolute Gasteiger partial charge is 0.274 e. The molecule has 1 saturated heterocycles. The molecule has 4 heterocycles. The summed E-state index contributed by atoms with van der Waals surface area (Å²) in [5.41, 5.74) is 0.498. The molecule has 0 radical (unpaired) electrons. The quantitative estimate of drug-likeness (QED) is 0.778. The maximum absolute atomic E-state index is 13.2. The van der Waals surface area contributed by atoms with Gasteiger partial charge in [0.15, 0.2) is 10.8 Å².